The van der Waals surface area contributed by atoms with Gasteiger partial charge >= 0.3 is 0 Å². The first-order chi connectivity index (χ1) is 13.7. The number of anilines is 2. The highest BCUT2D eigenvalue weighted by Crippen LogP contribution is 2.50. The molecule has 2 aliphatic carbocycles. The van der Waals surface area contributed by atoms with Gasteiger partial charge in [0.15, 0.2) is 0 Å². The van der Waals surface area contributed by atoms with Gasteiger partial charge in [-0.1, -0.05) is 32.6 Å². The molecule has 0 radical (unpaired) electrons. The lowest BCUT2D eigenvalue weighted by atomic mass is 10.0. The first kappa shape index (κ1) is 19.6. The predicted molar refractivity (Wildman–Crippen MR) is 112 cm³/mol. The molecule has 3 aliphatic rings. The number of carbonyl (C=O) groups is 1. The van der Waals surface area contributed by atoms with Crippen LogP contribution in [0.25, 0.3) is 0 Å². The van der Waals surface area contributed by atoms with Gasteiger partial charge in [-0.25, -0.2) is 0 Å². The summed E-state index contributed by atoms with van der Waals surface area (Å²) in [6.45, 7) is 4.43. The summed E-state index contributed by atoms with van der Waals surface area (Å²) in [5.74, 6) is 2.47. The molecule has 2 saturated carbocycles. The van der Waals surface area contributed by atoms with Crippen molar-refractivity contribution >= 4 is 17.3 Å². The molecule has 1 aromatic rings. The molecule has 5 nitrogen and oxygen atoms in total. The Morgan fingerprint density at radius 2 is 1.96 bits per heavy atom. The molecule has 0 aromatic heterocycles. The first-order valence-corrected chi connectivity index (χ1v) is 11.2. The smallest absolute Gasteiger partial charge is 0.227 e. The third-order valence-electron chi connectivity index (χ3n) is 6.70. The molecule has 0 bridgehead atoms. The van der Waals surface area contributed by atoms with E-state index in [-0.39, 0.29) is 17.9 Å². The Hall–Kier alpha value is -1.75. The zero-order chi connectivity index (χ0) is 19.5. The molecule has 3 fully saturated rings. The lowest BCUT2D eigenvalue weighted by Crippen LogP contribution is -2.35. The molecule has 2 N–H and O–H groups in total. The zero-order valence-electron chi connectivity index (χ0n) is 17.0. The topological polar surface area (TPSA) is 61.8 Å². The molecule has 2 unspecified atom stereocenters. The number of piperidine rings is 1. The standard InChI is InChI=1S/C23H34N2O3/c1-2-13-28-22-14-17(25-11-9-18(26)10-12-25)7-8-21(22)24-23(27)20-15-19(20)16-5-3-4-6-16/h7-8,14,16,18-20,26H,2-6,9-13,15H2,1H3,(H,24,27). The highest BCUT2D eigenvalue weighted by molar-refractivity contribution is 5.96. The van der Waals surface area contributed by atoms with E-state index in [0.717, 1.165) is 61.8 Å². The highest BCUT2D eigenvalue weighted by atomic mass is 16.5. The van der Waals surface area contributed by atoms with E-state index in [4.69, 9.17) is 4.74 Å². The van der Waals surface area contributed by atoms with Gasteiger partial charge < -0.3 is 20.1 Å². The van der Waals surface area contributed by atoms with E-state index in [9.17, 15) is 9.90 Å². The Kier molecular flexibility index (Phi) is 6.10. The van der Waals surface area contributed by atoms with Crippen molar-refractivity contribution in [3.8, 4) is 5.75 Å². The maximum Gasteiger partial charge on any atom is 0.227 e. The van der Waals surface area contributed by atoms with Gasteiger partial charge in [-0.2, -0.15) is 0 Å². The Bertz CT molecular complexity index is 678. The predicted octanol–water partition coefficient (Wildman–Crippen LogP) is 4.20. The third-order valence-corrected chi connectivity index (χ3v) is 6.70. The van der Waals surface area contributed by atoms with E-state index in [1.165, 1.54) is 25.7 Å². The summed E-state index contributed by atoms with van der Waals surface area (Å²) < 4.78 is 5.98. The Morgan fingerprint density at radius 1 is 1.21 bits per heavy atom. The number of ether oxygens (including phenoxy) is 1. The van der Waals surface area contributed by atoms with E-state index in [1.807, 2.05) is 12.1 Å². The molecule has 1 aromatic carbocycles. The van der Waals surface area contributed by atoms with Crippen LogP contribution in [0.5, 0.6) is 5.75 Å². The van der Waals surface area contributed by atoms with E-state index in [1.54, 1.807) is 0 Å². The van der Waals surface area contributed by atoms with Crippen LogP contribution in [-0.4, -0.2) is 36.8 Å². The molecule has 4 rings (SSSR count). The maximum atomic E-state index is 12.8. The van der Waals surface area contributed by atoms with Crippen LogP contribution in [0, 0.1) is 17.8 Å². The van der Waals surface area contributed by atoms with Gasteiger partial charge in [0.25, 0.3) is 0 Å². The van der Waals surface area contributed by atoms with Crippen LogP contribution in [0.2, 0.25) is 0 Å². The summed E-state index contributed by atoms with van der Waals surface area (Å²) in [5, 5.41) is 12.9. The van der Waals surface area contributed by atoms with Crippen molar-refractivity contribution < 1.29 is 14.6 Å². The van der Waals surface area contributed by atoms with Crippen LogP contribution < -0.4 is 15.0 Å². The fourth-order valence-electron chi connectivity index (χ4n) is 4.91. The van der Waals surface area contributed by atoms with Crippen LogP contribution in [-0.2, 0) is 4.79 Å². The zero-order valence-corrected chi connectivity index (χ0v) is 17.0. The molecule has 0 spiro atoms. The van der Waals surface area contributed by atoms with E-state index in [0.29, 0.717) is 12.5 Å². The SMILES string of the molecule is CCCOc1cc(N2CCC(O)CC2)ccc1NC(=O)C1CC1C1CCCC1. The number of hydrogen-bond acceptors (Lipinski definition) is 4. The second kappa shape index (κ2) is 8.73. The Labute approximate surface area is 168 Å². The average molecular weight is 387 g/mol. The molecule has 5 heteroatoms. The van der Waals surface area contributed by atoms with Gasteiger partial charge in [-0.3, -0.25) is 4.79 Å². The monoisotopic (exact) mass is 386 g/mol. The maximum absolute atomic E-state index is 12.8. The minimum absolute atomic E-state index is 0.159. The van der Waals surface area contributed by atoms with Crippen molar-refractivity contribution in [3.63, 3.8) is 0 Å². The molecule has 2 atom stereocenters. The number of aliphatic hydroxyl groups is 1. The lowest BCUT2D eigenvalue weighted by Gasteiger charge is -2.32. The van der Waals surface area contributed by atoms with Gasteiger partial charge in [0.1, 0.15) is 5.75 Å². The van der Waals surface area contributed by atoms with Crippen LogP contribution >= 0.6 is 0 Å². The van der Waals surface area contributed by atoms with Crippen LogP contribution in [0.4, 0.5) is 11.4 Å². The number of hydrogen-bond donors (Lipinski definition) is 2. The van der Waals surface area contributed by atoms with Crippen molar-refractivity contribution in [2.24, 2.45) is 17.8 Å². The van der Waals surface area contributed by atoms with Gasteiger partial charge in [-0.05, 0) is 49.7 Å². The normalized spacial score (nSPS) is 25.7. The van der Waals surface area contributed by atoms with E-state index >= 15 is 0 Å². The number of nitrogens with one attached hydrogen (secondary N) is 1. The van der Waals surface area contributed by atoms with Crippen molar-refractivity contribution in [2.45, 2.75) is 64.4 Å². The molecule has 28 heavy (non-hydrogen) atoms. The van der Waals surface area contributed by atoms with Crippen LogP contribution in [0.1, 0.15) is 58.3 Å². The largest absolute Gasteiger partial charge is 0.491 e. The van der Waals surface area contributed by atoms with Gasteiger partial charge in [0.05, 0.1) is 18.4 Å². The number of rotatable bonds is 7. The summed E-state index contributed by atoms with van der Waals surface area (Å²) in [6, 6.07) is 6.09. The number of carbonyl (C=O) groups excluding carboxylic acids is 1. The Morgan fingerprint density at radius 3 is 2.68 bits per heavy atom. The minimum Gasteiger partial charge on any atom is -0.491 e. The van der Waals surface area contributed by atoms with Crippen molar-refractivity contribution in [1.29, 1.82) is 0 Å². The Balaban J connectivity index is 1.42. The van der Waals surface area contributed by atoms with Crippen molar-refractivity contribution in [1.82, 2.24) is 0 Å². The van der Waals surface area contributed by atoms with Crippen molar-refractivity contribution in [2.75, 3.05) is 29.9 Å². The van der Waals surface area contributed by atoms with E-state index < -0.39 is 0 Å². The summed E-state index contributed by atoms with van der Waals surface area (Å²) in [4.78, 5) is 15.1. The molecule has 1 saturated heterocycles. The molecule has 1 aliphatic heterocycles. The second-order valence-corrected chi connectivity index (χ2v) is 8.79. The summed E-state index contributed by atoms with van der Waals surface area (Å²) in [6.07, 6.45) is 8.67. The average Bonchev–Trinajstić information content (AvgIpc) is 3.33. The number of benzene rings is 1. The molecular formula is C23H34N2O3. The first-order valence-electron chi connectivity index (χ1n) is 11.2. The van der Waals surface area contributed by atoms with Gasteiger partial charge in [0, 0.05) is 30.8 Å². The van der Waals surface area contributed by atoms with Gasteiger partial charge in [-0.15, -0.1) is 0 Å². The van der Waals surface area contributed by atoms with Crippen molar-refractivity contribution in [3.05, 3.63) is 18.2 Å². The fraction of sp³-hybridized carbons (Fsp3) is 0.696. The molecular weight excluding hydrogens is 352 g/mol. The summed E-state index contributed by atoms with van der Waals surface area (Å²) in [7, 11) is 0. The fourth-order valence-corrected chi connectivity index (χ4v) is 4.91. The van der Waals surface area contributed by atoms with Crippen LogP contribution in [0.15, 0.2) is 18.2 Å². The quantitative estimate of drug-likeness (QED) is 0.737. The number of nitrogens with zero attached hydrogens (tertiary/aromatic N) is 1. The molecule has 1 heterocycles. The lowest BCUT2D eigenvalue weighted by molar-refractivity contribution is -0.117. The minimum atomic E-state index is -0.183. The number of amides is 1. The molecule has 1 amide bonds. The summed E-state index contributed by atoms with van der Waals surface area (Å²) >= 11 is 0. The van der Waals surface area contributed by atoms with Crippen LogP contribution in [0.3, 0.4) is 0 Å². The van der Waals surface area contributed by atoms with Gasteiger partial charge in [0.2, 0.25) is 5.91 Å². The molecule has 154 valence electrons. The third kappa shape index (κ3) is 4.45. The van der Waals surface area contributed by atoms with E-state index in [2.05, 4.69) is 23.2 Å². The highest BCUT2D eigenvalue weighted by Gasteiger charge is 2.48. The summed E-state index contributed by atoms with van der Waals surface area (Å²) in [5.41, 5.74) is 1.89. The second-order valence-electron chi connectivity index (χ2n) is 8.79. The number of aliphatic hydroxyl groups excluding tert-OH is 1.